The summed E-state index contributed by atoms with van der Waals surface area (Å²) in [6, 6.07) is 8.75. The fourth-order valence-corrected chi connectivity index (χ4v) is 4.51. The van der Waals surface area contributed by atoms with Crippen LogP contribution in [-0.4, -0.2) is 29.6 Å². The lowest BCUT2D eigenvalue weighted by atomic mass is 9.89. The minimum atomic E-state index is 0.0912. The number of hydrogen-bond acceptors (Lipinski definition) is 2. The summed E-state index contributed by atoms with van der Waals surface area (Å²) in [5.41, 5.74) is 0.861. The zero-order valence-electron chi connectivity index (χ0n) is 16.9. The molecule has 0 bridgehead atoms. The van der Waals surface area contributed by atoms with Gasteiger partial charge in [-0.25, -0.2) is 4.79 Å². The van der Waals surface area contributed by atoms with Crippen LogP contribution in [0.3, 0.4) is 0 Å². The van der Waals surface area contributed by atoms with Gasteiger partial charge in [0.05, 0.1) is 6.61 Å². The maximum Gasteiger partial charge on any atom is 0.322 e. The van der Waals surface area contributed by atoms with Crippen LogP contribution in [0.15, 0.2) is 24.3 Å². The molecule has 150 valence electrons. The zero-order chi connectivity index (χ0) is 18.9. The van der Waals surface area contributed by atoms with E-state index in [0.717, 1.165) is 56.6 Å². The Morgan fingerprint density at radius 3 is 2.04 bits per heavy atom. The number of nitrogens with one attached hydrogen (secondary N) is 1. The summed E-state index contributed by atoms with van der Waals surface area (Å²) in [7, 11) is 0. The van der Waals surface area contributed by atoms with Crippen LogP contribution < -0.4 is 10.1 Å². The highest BCUT2D eigenvalue weighted by Gasteiger charge is 2.32. The van der Waals surface area contributed by atoms with Crippen LogP contribution in [0.25, 0.3) is 0 Å². The topological polar surface area (TPSA) is 41.6 Å². The van der Waals surface area contributed by atoms with E-state index >= 15 is 0 Å². The molecule has 2 aliphatic carbocycles. The maximum atomic E-state index is 13.2. The third-order valence-corrected chi connectivity index (χ3v) is 6.04. The summed E-state index contributed by atoms with van der Waals surface area (Å²) in [6.45, 7) is 2.91. The molecule has 0 aliphatic heterocycles. The summed E-state index contributed by atoms with van der Waals surface area (Å²) >= 11 is 0. The summed E-state index contributed by atoms with van der Waals surface area (Å²) in [5, 5.41) is 3.16. The number of unbranched alkanes of at least 4 members (excludes halogenated alkanes) is 1. The van der Waals surface area contributed by atoms with Crippen molar-refractivity contribution in [2.24, 2.45) is 0 Å². The molecule has 4 heteroatoms. The van der Waals surface area contributed by atoms with E-state index in [1.807, 2.05) is 24.3 Å². The van der Waals surface area contributed by atoms with Crippen LogP contribution in [-0.2, 0) is 0 Å². The minimum absolute atomic E-state index is 0.0912. The van der Waals surface area contributed by atoms with Crippen molar-refractivity contribution in [2.45, 2.75) is 96.1 Å². The summed E-state index contributed by atoms with van der Waals surface area (Å²) in [6.07, 6.45) is 14.5. The van der Waals surface area contributed by atoms with Crippen molar-refractivity contribution in [3.05, 3.63) is 24.3 Å². The van der Waals surface area contributed by atoms with Gasteiger partial charge in [-0.2, -0.15) is 0 Å². The Morgan fingerprint density at radius 2 is 1.52 bits per heavy atom. The molecule has 0 aromatic heterocycles. The lowest BCUT2D eigenvalue weighted by Crippen LogP contribution is -2.50. The zero-order valence-corrected chi connectivity index (χ0v) is 16.9. The Kier molecular flexibility index (Phi) is 7.85. The normalized spacial score (nSPS) is 18.9. The van der Waals surface area contributed by atoms with E-state index in [-0.39, 0.29) is 6.03 Å². The predicted molar refractivity (Wildman–Crippen MR) is 111 cm³/mol. The number of urea groups is 1. The van der Waals surface area contributed by atoms with E-state index in [4.69, 9.17) is 4.74 Å². The van der Waals surface area contributed by atoms with Crippen LogP contribution in [0, 0.1) is 0 Å². The first kappa shape index (κ1) is 20.0. The van der Waals surface area contributed by atoms with Crippen LogP contribution in [0.2, 0.25) is 0 Å². The average Bonchev–Trinajstić information content (AvgIpc) is 2.71. The number of carbonyl (C=O) groups excluding carboxylic acids is 1. The molecular formula is C23H36N2O2. The van der Waals surface area contributed by atoms with Crippen LogP contribution >= 0.6 is 0 Å². The predicted octanol–water partition coefficient (Wildman–Crippen LogP) is 6.36. The Balaban J connectivity index is 1.62. The molecule has 0 radical (unpaired) electrons. The van der Waals surface area contributed by atoms with Crippen LogP contribution in [0.1, 0.15) is 84.0 Å². The molecule has 1 aromatic rings. The van der Waals surface area contributed by atoms with Gasteiger partial charge in [0.1, 0.15) is 5.75 Å². The van der Waals surface area contributed by atoms with Crippen molar-refractivity contribution in [1.82, 2.24) is 4.90 Å². The number of amides is 2. The molecule has 1 aromatic carbocycles. The Bertz CT molecular complexity index is 542. The Morgan fingerprint density at radius 1 is 0.963 bits per heavy atom. The molecular weight excluding hydrogens is 336 g/mol. The first-order chi connectivity index (χ1) is 13.3. The summed E-state index contributed by atoms with van der Waals surface area (Å²) in [4.78, 5) is 15.4. The monoisotopic (exact) mass is 372 g/mol. The lowest BCUT2D eigenvalue weighted by molar-refractivity contribution is 0.114. The minimum Gasteiger partial charge on any atom is -0.494 e. The molecule has 0 unspecified atom stereocenters. The highest BCUT2D eigenvalue weighted by Crippen LogP contribution is 2.31. The van der Waals surface area contributed by atoms with Gasteiger partial charge in [0, 0.05) is 17.8 Å². The fraction of sp³-hybridized carbons (Fsp3) is 0.696. The second-order valence-corrected chi connectivity index (χ2v) is 8.15. The quantitative estimate of drug-likeness (QED) is 0.565. The molecule has 2 fully saturated rings. The third kappa shape index (κ3) is 5.88. The first-order valence-corrected chi connectivity index (χ1v) is 11.1. The molecule has 0 atom stereocenters. The molecule has 4 nitrogen and oxygen atoms in total. The first-order valence-electron chi connectivity index (χ1n) is 11.1. The van der Waals surface area contributed by atoms with E-state index in [1.165, 1.54) is 38.5 Å². The van der Waals surface area contributed by atoms with E-state index in [2.05, 4.69) is 17.1 Å². The van der Waals surface area contributed by atoms with Gasteiger partial charge >= 0.3 is 6.03 Å². The van der Waals surface area contributed by atoms with Crippen molar-refractivity contribution in [1.29, 1.82) is 0 Å². The van der Waals surface area contributed by atoms with Gasteiger partial charge in [-0.15, -0.1) is 0 Å². The third-order valence-electron chi connectivity index (χ3n) is 6.04. The number of benzene rings is 1. The molecule has 0 saturated heterocycles. The van der Waals surface area contributed by atoms with E-state index in [9.17, 15) is 4.79 Å². The van der Waals surface area contributed by atoms with Crippen LogP contribution in [0.5, 0.6) is 5.75 Å². The number of carbonyl (C=O) groups is 1. The van der Waals surface area contributed by atoms with E-state index in [1.54, 1.807) is 0 Å². The number of rotatable bonds is 7. The molecule has 1 N–H and O–H groups in total. The molecule has 3 rings (SSSR count). The molecule has 0 heterocycles. The second kappa shape index (κ2) is 10.6. The Hall–Kier alpha value is -1.71. The largest absolute Gasteiger partial charge is 0.494 e. The van der Waals surface area contributed by atoms with Crippen molar-refractivity contribution < 1.29 is 9.53 Å². The fourth-order valence-electron chi connectivity index (χ4n) is 4.51. The van der Waals surface area contributed by atoms with Gasteiger partial charge in [0.25, 0.3) is 0 Å². The van der Waals surface area contributed by atoms with Gasteiger partial charge in [-0.05, 0) is 56.4 Å². The molecule has 2 amide bonds. The number of hydrogen-bond donors (Lipinski definition) is 1. The smallest absolute Gasteiger partial charge is 0.322 e. The second-order valence-electron chi connectivity index (χ2n) is 8.15. The van der Waals surface area contributed by atoms with Crippen molar-refractivity contribution in [3.63, 3.8) is 0 Å². The number of ether oxygens (including phenoxy) is 1. The highest BCUT2D eigenvalue weighted by atomic mass is 16.5. The number of anilines is 1. The van der Waals surface area contributed by atoms with Crippen molar-refractivity contribution in [3.8, 4) is 5.75 Å². The summed E-state index contributed by atoms with van der Waals surface area (Å²) < 4.78 is 5.72. The van der Waals surface area contributed by atoms with E-state index in [0.29, 0.717) is 12.1 Å². The number of nitrogens with zero attached hydrogens (tertiary/aromatic N) is 1. The van der Waals surface area contributed by atoms with Gasteiger partial charge in [-0.1, -0.05) is 51.9 Å². The lowest BCUT2D eigenvalue weighted by Gasteiger charge is -2.41. The highest BCUT2D eigenvalue weighted by molar-refractivity contribution is 5.89. The SMILES string of the molecule is CCCCOc1ccc(NC(=O)N(C2CCCCC2)C2CCCCC2)cc1. The molecule has 27 heavy (non-hydrogen) atoms. The molecule has 2 aliphatic rings. The van der Waals surface area contributed by atoms with Crippen molar-refractivity contribution in [2.75, 3.05) is 11.9 Å². The van der Waals surface area contributed by atoms with Crippen molar-refractivity contribution >= 4 is 11.7 Å². The van der Waals surface area contributed by atoms with Gasteiger partial charge in [0.15, 0.2) is 0 Å². The van der Waals surface area contributed by atoms with Crippen LogP contribution in [0.4, 0.5) is 10.5 Å². The molecule has 2 saturated carbocycles. The molecule has 0 spiro atoms. The van der Waals surface area contributed by atoms with Gasteiger partial charge < -0.3 is 15.0 Å². The van der Waals surface area contributed by atoms with E-state index < -0.39 is 0 Å². The summed E-state index contributed by atoms with van der Waals surface area (Å²) in [5.74, 6) is 0.873. The van der Waals surface area contributed by atoms with Gasteiger partial charge in [0.2, 0.25) is 0 Å². The Labute approximate surface area is 164 Å². The maximum absolute atomic E-state index is 13.2. The standard InChI is InChI=1S/C23H36N2O2/c1-2-3-18-27-22-16-14-19(15-17-22)24-23(26)25(20-10-6-4-7-11-20)21-12-8-5-9-13-21/h14-17,20-21H,2-13,18H2,1H3,(H,24,26). The average molecular weight is 373 g/mol. The van der Waals surface area contributed by atoms with Gasteiger partial charge in [-0.3, -0.25) is 0 Å².